The lowest BCUT2D eigenvalue weighted by molar-refractivity contribution is -0.545. The first-order valence-electron chi connectivity index (χ1n) is 15.4. The summed E-state index contributed by atoms with van der Waals surface area (Å²) in [4.78, 5) is 0. The molecular formula is C34H49F3NO2+. The first-order chi connectivity index (χ1) is 19.4. The van der Waals surface area contributed by atoms with Crippen LogP contribution in [0.5, 0.6) is 11.5 Å². The summed E-state index contributed by atoms with van der Waals surface area (Å²) < 4.78 is 52.7. The zero-order chi connectivity index (χ0) is 28.8. The van der Waals surface area contributed by atoms with Crippen molar-refractivity contribution in [2.24, 2.45) is 0 Å². The third-order valence-corrected chi connectivity index (χ3v) is 8.12. The van der Waals surface area contributed by atoms with Crippen molar-refractivity contribution < 1.29 is 27.2 Å². The van der Waals surface area contributed by atoms with Crippen LogP contribution < -0.4 is 9.47 Å². The number of ether oxygens (including phenoxy) is 2. The lowest BCUT2D eigenvalue weighted by atomic mass is 9.92. The van der Waals surface area contributed by atoms with Crippen molar-refractivity contribution in [2.75, 3.05) is 20.8 Å². The molecule has 0 N–H and O–H groups in total. The van der Waals surface area contributed by atoms with Crippen molar-refractivity contribution in [3.05, 3.63) is 58.7 Å². The number of unbranched alkanes of at least 4 members (excludes halogenated alkanes) is 12. The van der Waals surface area contributed by atoms with Crippen molar-refractivity contribution in [3.63, 3.8) is 0 Å². The Balaban J connectivity index is 1.59. The predicted octanol–water partition coefficient (Wildman–Crippen LogP) is 9.76. The molecule has 1 heterocycles. The number of rotatable bonds is 18. The van der Waals surface area contributed by atoms with E-state index in [0.717, 1.165) is 37.1 Å². The zero-order valence-electron chi connectivity index (χ0n) is 24.9. The summed E-state index contributed by atoms with van der Waals surface area (Å²) >= 11 is 0. The summed E-state index contributed by atoms with van der Waals surface area (Å²) in [6, 6.07) is 9.74. The Bertz CT molecular complexity index is 1060. The lowest BCUT2D eigenvalue weighted by Gasteiger charge is -2.21. The van der Waals surface area contributed by atoms with Crippen LogP contribution in [-0.4, -0.2) is 31.1 Å². The quantitative estimate of drug-likeness (QED) is 0.134. The number of alkyl halides is 3. The first-order valence-corrected chi connectivity index (χ1v) is 15.4. The van der Waals surface area contributed by atoms with Crippen LogP contribution in [0.3, 0.4) is 0 Å². The summed E-state index contributed by atoms with van der Waals surface area (Å²) in [7, 11) is 3.31. The van der Waals surface area contributed by atoms with E-state index in [9.17, 15) is 13.2 Å². The molecule has 0 fully saturated rings. The van der Waals surface area contributed by atoms with Crippen molar-refractivity contribution >= 4 is 5.71 Å². The number of halogens is 3. The highest BCUT2D eigenvalue weighted by Crippen LogP contribution is 2.34. The first kappa shape index (κ1) is 32.0. The van der Waals surface area contributed by atoms with E-state index in [1.165, 1.54) is 106 Å². The average molecular weight is 561 g/mol. The van der Waals surface area contributed by atoms with Gasteiger partial charge in [-0.15, -0.1) is 0 Å². The molecule has 3 rings (SSSR count). The maximum absolute atomic E-state index is 13.1. The topological polar surface area (TPSA) is 21.5 Å². The number of methoxy groups -OCH3 is 2. The third kappa shape index (κ3) is 9.85. The molecule has 0 saturated heterocycles. The number of nitrogens with zero attached hydrogens (tertiary/aromatic N) is 1. The molecule has 1 aliphatic heterocycles. The summed E-state index contributed by atoms with van der Waals surface area (Å²) in [6.45, 7) is 3.69. The van der Waals surface area contributed by atoms with Crippen LogP contribution in [0.15, 0.2) is 36.4 Å². The van der Waals surface area contributed by atoms with Gasteiger partial charge in [0.25, 0.3) is 0 Å². The molecule has 0 bridgehead atoms. The van der Waals surface area contributed by atoms with Gasteiger partial charge < -0.3 is 9.47 Å². The largest absolute Gasteiger partial charge is 0.493 e. The van der Waals surface area contributed by atoms with Crippen LogP contribution in [0.25, 0.3) is 0 Å². The van der Waals surface area contributed by atoms with Crippen LogP contribution in [0.2, 0.25) is 0 Å². The summed E-state index contributed by atoms with van der Waals surface area (Å²) in [5, 5.41) is 0. The molecule has 0 aliphatic carbocycles. The molecule has 0 radical (unpaired) electrons. The second-order valence-corrected chi connectivity index (χ2v) is 11.2. The number of benzene rings is 2. The van der Waals surface area contributed by atoms with E-state index in [4.69, 9.17) is 9.47 Å². The fraction of sp³-hybridized carbons (Fsp3) is 0.618. The zero-order valence-corrected chi connectivity index (χ0v) is 24.9. The van der Waals surface area contributed by atoms with Gasteiger partial charge in [0.15, 0.2) is 23.8 Å². The Kier molecular flexibility index (Phi) is 13.4. The number of fused-ring (bicyclic) bond motifs is 1. The molecule has 222 valence electrons. The fourth-order valence-electron chi connectivity index (χ4n) is 5.75. The van der Waals surface area contributed by atoms with Gasteiger partial charge in [-0.3, -0.25) is 0 Å². The van der Waals surface area contributed by atoms with Gasteiger partial charge in [-0.2, -0.15) is 13.2 Å². The van der Waals surface area contributed by atoms with E-state index in [0.29, 0.717) is 12.3 Å². The summed E-state index contributed by atoms with van der Waals surface area (Å²) in [5.41, 5.74) is 3.96. The fourth-order valence-corrected chi connectivity index (χ4v) is 5.75. The highest BCUT2D eigenvalue weighted by molar-refractivity contribution is 5.99. The van der Waals surface area contributed by atoms with Crippen molar-refractivity contribution in [1.29, 1.82) is 0 Å². The molecule has 0 spiro atoms. The van der Waals surface area contributed by atoms with E-state index in [-0.39, 0.29) is 0 Å². The van der Waals surface area contributed by atoms with Crippen LogP contribution in [0.4, 0.5) is 13.2 Å². The van der Waals surface area contributed by atoms with Gasteiger partial charge in [-0.1, -0.05) is 96.1 Å². The Morgan fingerprint density at radius 1 is 0.725 bits per heavy atom. The van der Waals surface area contributed by atoms with Gasteiger partial charge in [0.05, 0.1) is 19.8 Å². The molecule has 2 aromatic rings. The van der Waals surface area contributed by atoms with E-state index in [1.54, 1.807) is 26.4 Å². The minimum absolute atomic E-state index is 0.597. The van der Waals surface area contributed by atoms with Gasteiger partial charge in [-0.25, -0.2) is 4.58 Å². The molecule has 2 aromatic carbocycles. The molecule has 0 unspecified atom stereocenters. The minimum atomic E-state index is -4.32. The standard InChI is InChI=1S/C34H49F3NO2/c1-4-5-6-7-8-9-10-11-12-13-14-15-16-17-31-30-25-33(40-3)32(39-2)24-28(30)22-23-38(31)26-27-18-20-29(21-19-27)34(35,36)37/h18-21,24-25H,4-17,22-23,26H2,1-3H3/q+1. The lowest BCUT2D eigenvalue weighted by Crippen LogP contribution is -2.30. The van der Waals surface area contributed by atoms with Crippen molar-refractivity contribution in [1.82, 2.24) is 0 Å². The Morgan fingerprint density at radius 3 is 1.77 bits per heavy atom. The minimum Gasteiger partial charge on any atom is -0.493 e. The Hall–Kier alpha value is -2.50. The molecule has 0 aromatic heterocycles. The second kappa shape index (κ2) is 16.7. The van der Waals surface area contributed by atoms with E-state index < -0.39 is 11.7 Å². The second-order valence-electron chi connectivity index (χ2n) is 11.2. The highest BCUT2D eigenvalue weighted by Gasteiger charge is 2.31. The van der Waals surface area contributed by atoms with Crippen molar-refractivity contribution in [2.45, 2.75) is 116 Å². The maximum Gasteiger partial charge on any atom is 0.416 e. The van der Waals surface area contributed by atoms with Crippen LogP contribution in [-0.2, 0) is 19.1 Å². The maximum atomic E-state index is 13.1. The van der Waals surface area contributed by atoms with Gasteiger partial charge in [0.2, 0.25) is 0 Å². The van der Waals surface area contributed by atoms with Crippen LogP contribution in [0.1, 0.15) is 119 Å². The molecule has 0 saturated carbocycles. The monoisotopic (exact) mass is 560 g/mol. The highest BCUT2D eigenvalue weighted by atomic mass is 19.4. The summed E-state index contributed by atoms with van der Waals surface area (Å²) in [5.74, 6) is 1.44. The molecule has 0 atom stereocenters. The number of hydrogen-bond acceptors (Lipinski definition) is 2. The molecule has 0 amide bonds. The van der Waals surface area contributed by atoms with Gasteiger partial charge >= 0.3 is 6.18 Å². The third-order valence-electron chi connectivity index (χ3n) is 8.12. The van der Waals surface area contributed by atoms with E-state index >= 15 is 0 Å². The molecule has 40 heavy (non-hydrogen) atoms. The van der Waals surface area contributed by atoms with E-state index in [2.05, 4.69) is 23.6 Å². The number of hydrogen-bond donors (Lipinski definition) is 0. The van der Waals surface area contributed by atoms with Crippen LogP contribution >= 0.6 is 0 Å². The van der Waals surface area contributed by atoms with Crippen molar-refractivity contribution in [3.8, 4) is 11.5 Å². The normalized spacial score (nSPS) is 13.4. The Morgan fingerprint density at radius 2 is 1.25 bits per heavy atom. The molecule has 6 heteroatoms. The predicted molar refractivity (Wildman–Crippen MR) is 158 cm³/mol. The molecular weight excluding hydrogens is 511 g/mol. The molecule has 1 aliphatic rings. The SMILES string of the molecule is CCCCCCCCCCCCCCCC1=[N+](Cc2ccc(C(F)(F)F)cc2)CCc2cc(OC)c(OC)cc21. The summed E-state index contributed by atoms with van der Waals surface area (Å²) in [6.07, 6.45) is 14.6. The van der Waals surface area contributed by atoms with Gasteiger partial charge in [0.1, 0.15) is 6.54 Å². The Labute approximate surface area is 239 Å². The van der Waals surface area contributed by atoms with Gasteiger partial charge in [-0.05, 0) is 36.2 Å². The molecule has 3 nitrogen and oxygen atoms in total. The van der Waals surface area contributed by atoms with Gasteiger partial charge in [0, 0.05) is 24.0 Å². The smallest absolute Gasteiger partial charge is 0.416 e. The van der Waals surface area contributed by atoms with E-state index in [1.807, 2.05) is 0 Å². The van der Waals surface area contributed by atoms with Crippen LogP contribution in [0, 0.1) is 0 Å². The average Bonchev–Trinajstić information content (AvgIpc) is 2.95.